The quantitative estimate of drug-likeness (QED) is 0.149. The van der Waals surface area contributed by atoms with Crippen molar-refractivity contribution in [3.05, 3.63) is 216 Å². The molecule has 3 aromatic heterocycles. The summed E-state index contributed by atoms with van der Waals surface area (Å²) in [5, 5.41) is 1.94. The molecule has 0 aliphatic rings. The fourth-order valence-electron chi connectivity index (χ4n) is 9.91. The minimum Gasteiger partial charge on any atom is -0.456 e. The second-order valence-corrected chi connectivity index (χ2v) is 18.4. The monoisotopic (exact) mass is 1060 g/mol. The fourth-order valence-corrected chi connectivity index (χ4v) is 9.91. The molecule has 0 saturated heterocycles. The normalized spacial score (nSPS) is 12.6. The van der Waals surface area contributed by atoms with E-state index in [9.17, 15) is 52.7 Å². The number of nitrogens with zero attached hydrogens (tertiary/aromatic N) is 4. The van der Waals surface area contributed by atoms with Crippen LogP contribution in [0, 0.1) is 0 Å². The van der Waals surface area contributed by atoms with E-state index in [1.807, 2.05) is 115 Å². The van der Waals surface area contributed by atoms with Crippen molar-refractivity contribution in [1.29, 1.82) is 0 Å². The van der Waals surface area contributed by atoms with Gasteiger partial charge in [0.1, 0.15) is 11.2 Å². The maximum absolute atomic E-state index is 14.3. The minimum absolute atomic E-state index is 0.00127. The second kappa shape index (κ2) is 18.2. The molecule has 386 valence electrons. The molecular weight excluding hydrogens is 1030 g/mol. The van der Waals surface area contributed by atoms with Crippen molar-refractivity contribution in [2.45, 2.75) is 24.7 Å². The van der Waals surface area contributed by atoms with Crippen molar-refractivity contribution in [2.24, 2.45) is 0 Å². The highest BCUT2D eigenvalue weighted by Gasteiger charge is 2.39. The Morgan fingerprint density at radius 2 is 0.744 bits per heavy atom. The first-order valence-electron chi connectivity index (χ1n) is 23.8. The lowest BCUT2D eigenvalue weighted by Gasteiger charge is -2.17. The van der Waals surface area contributed by atoms with Crippen LogP contribution in [-0.2, 0) is 24.7 Å². The van der Waals surface area contributed by atoms with Gasteiger partial charge in [0, 0.05) is 38.2 Å². The molecule has 0 saturated carbocycles. The Morgan fingerprint density at radius 1 is 0.308 bits per heavy atom. The lowest BCUT2D eigenvalue weighted by atomic mass is 9.96. The SMILES string of the molecule is FC(F)(F)c1cc(-c2ccc3c(c2)c2cc(-c4cc(C(F)(F)F)cc(C(F)(F)F)c4)ccc2n3-c2ccc(-c3cccc4oc5ccccc5c34)cc2-c2nc(-c3ccccc3)nc(-c3ccccc3)n2)cc(C(F)(F)F)c1. The topological polar surface area (TPSA) is 56.7 Å². The number of fused-ring (bicyclic) bond motifs is 6. The summed E-state index contributed by atoms with van der Waals surface area (Å²) in [5.41, 5.74) is -2.25. The van der Waals surface area contributed by atoms with Gasteiger partial charge in [0.15, 0.2) is 17.5 Å². The maximum atomic E-state index is 14.3. The first-order valence-corrected chi connectivity index (χ1v) is 23.8. The van der Waals surface area contributed by atoms with Crippen LogP contribution >= 0.6 is 0 Å². The summed E-state index contributed by atoms with van der Waals surface area (Å²) in [6.07, 6.45) is -20.8. The molecule has 0 unspecified atom stereocenters. The van der Waals surface area contributed by atoms with Gasteiger partial charge in [-0.15, -0.1) is 0 Å². The number of hydrogen-bond donors (Lipinski definition) is 0. The van der Waals surface area contributed by atoms with Gasteiger partial charge in [-0.3, -0.25) is 0 Å². The van der Waals surface area contributed by atoms with Gasteiger partial charge in [0.25, 0.3) is 0 Å². The molecule has 17 heteroatoms. The first-order chi connectivity index (χ1) is 37.2. The third-order valence-electron chi connectivity index (χ3n) is 13.5. The van der Waals surface area contributed by atoms with E-state index in [0.717, 1.165) is 16.3 Å². The highest BCUT2D eigenvalue weighted by molar-refractivity contribution is 6.14. The molecule has 0 bridgehead atoms. The van der Waals surface area contributed by atoms with Gasteiger partial charge in [-0.05, 0) is 118 Å². The van der Waals surface area contributed by atoms with Crippen LogP contribution in [0.5, 0.6) is 0 Å². The molecule has 0 spiro atoms. The van der Waals surface area contributed by atoms with E-state index in [-0.39, 0.29) is 62.5 Å². The van der Waals surface area contributed by atoms with Gasteiger partial charge in [-0.25, -0.2) is 15.0 Å². The third-order valence-corrected chi connectivity index (χ3v) is 13.5. The predicted octanol–water partition coefficient (Wildman–Crippen LogP) is 18.9. The number of furan rings is 1. The number of aromatic nitrogens is 4. The van der Waals surface area contributed by atoms with Crippen molar-refractivity contribution < 1.29 is 57.1 Å². The average molecular weight is 1060 g/mol. The Morgan fingerprint density at radius 3 is 1.23 bits per heavy atom. The number of alkyl halides is 12. The van der Waals surface area contributed by atoms with Crippen LogP contribution in [-0.4, -0.2) is 19.5 Å². The number of halogens is 12. The largest absolute Gasteiger partial charge is 0.456 e. The van der Waals surface area contributed by atoms with Gasteiger partial charge in [0.2, 0.25) is 0 Å². The summed E-state index contributed by atoms with van der Waals surface area (Å²) < 4.78 is 179. The molecule has 3 heterocycles. The summed E-state index contributed by atoms with van der Waals surface area (Å²) in [7, 11) is 0. The molecule has 78 heavy (non-hydrogen) atoms. The van der Waals surface area contributed by atoms with E-state index in [1.54, 1.807) is 10.6 Å². The minimum atomic E-state index is -5.19. The highest BCUT2D eigenvalue weighted by Crippen LogP contribution is 2.46. The molecule has 5 nitrogen and oxygen atoms in total. The van der Waals surface area contributed by atoms with Crippen molar-refractivity contribution >= 4 is 43.7 Å². The van der Waals surface area contributed by atoms with E-state index < -0.39 is 58.1 Å². The van der Waals surface area contributed by atoms with Crippen LogP contribution < -0.4 is 0 Å². The smallest absolute Gasteiger partial charge is 0.416 e. The van der Waals surface area contributed by atoms with Crippen molar-refractivity contribution in [2.75, 3.05) is 0 Å². The molecule has 12 rings (SSSR count). The van der Waals surface area contributed by atoms with Crippen LogP contribution in [0.1, 0.15) is 22.3 Å². The third kappa shape index (κ3) is 9.03. The van der Waals surface area contributed by atoms with Gasteiger partial charge in [-0.2, -0.15) is 52.7 Å². The van der Waals surface area contributed by atoms with E-state index in [0.29, 0.717) is 63.4 Å². The van der Waals surface area contributed by atoms with E-state index in [2.05, 4.69) is 0 Å². The number of rotatable bonds is 7. The zero-order chi connectivity index (χ0) is 54.5. The Labute approximate surface area is 433 Å². The molecule has 0 fully saturated rings. The molecule has 0 atom stereocenters. The summed E-state index contributed by atoms with van der Waals surface area (Å²) in [5.74, 6) is 0.724. The van der Waals surface area contributed by atoms with E-state index in [1.165, 1.54) is 36.4 Å². The number of hydrogen-bond acceptors (Lipinski definition) is 4. The highest BCUT2D eigenvalue weighted by atomic mass is 19.4. The second-order valence-electron chi connectivity index (χ2n) is 18.4. The molecule has 9 aromatic carbocycles. The standard InChI is InChI=1S/C61H32F12N4O/c62-58(63,64)40-24-38(25-41(31-40)59(65,66)67)35-18-21-49-46(28-35)47-29-36(39-26-42(60(68,69)70)32-43(27-39)61(71,72)73)19-22-50(47)77(49)51-23-20-37(44-15-9-17-53-54(44)45-14-7-8-16-52(45)78-53)30-48(51)57-75-55(33-10-3-1-4-11-33)74-56(76-57)34-12-5-2-6-13-34/h1-32H. The van der Waals surface area contributed by atoms with Crippen LogP contribution in [0.2, 0.25) is 0 Å². The Bertz CT molecular complexity index is 4070. The number of benzene rings is 9. The van der Waals surface area contributed by atoms with Crippen molar-refractivity contribution in [1.82, 2.24) is 19.5 Å². The molecule has 0 N–H and O–H groups in total. The van der Waals surface area contributed by atoms with Crippen molar-refractivity contribution in [3.8, 4) is 73.2 Å². The summed E-state index contributed by atoms with van der Waals surface area (Å²) in [6, 6.07) is 47.3. The lowest BCUT2D eigenvalue weighted by molar-refractivity contribution is -0.144. The summed E-state index contributed by atoms with van der Waals surface area (Å²) in [4.78, 5) is 15.0. The molecule has 0 radical (unpaired) electrons. The Kier molecular flexibility index (Phi) is 11.6. The summed E-state index contributed by atoms with van der Waals surface area (Å²) >= 11 is 0. The van der Waals surface area contributed by atoms with Crippen LogP contribution in [0.4, 0.5) is 52.7 Å². The Hall–Kier alpha value is -9.25. The zero-order valence-electron chi connectivity index (χ0n) is 39.7. The number of para-hydroxylation sites is 1. The lowest BCUT2D eigenvalue weighted by Crippen LogP contribution is -2.11. The predicted molar refractivity (Wildman–Crippen MR) is 274 cm³/mol. The van der Waals surface area contributed by atoms with Crippen LogP contribution in [0.15, 0.2) is 199 Å². The van der Waals surface area contributed by atoms with Gasteiger partial charge in [-0.1, -0.05) is 109 Å². The van der Waals surface area contributed by atoms with Crippen molar-refractivity contribution in [3.63, 3.8) is 0 Å². The molecule has 12 aromatic rings. The zero-order valence-corrected chi connectivity index (χ0v) is 39.7. The molecule has 0 amide bonds. The maximum Gasteiger partial charge on any atom is 0.416 e. The van der Waals surface area contributed by atoms with Crippen LogP contribution in [0.25, 0.3) is 117 Å². The molecular formula is C61H32F12N4O. The van der Waals surface area contributed by atoms with E-state index >= 15 is 0 Å². The van der Waals surface area contributed by atoms with Crippen LogP contribution in [0.3, 0.4) is 0 Å². The average Bonchev–Trinajstić information content (AvgIpc) is 4.16. The van der Waals surface area contributed by atoms with Gasteiger partial charge >= 0.3 is 24.7 Å². The fraction of sp³-hybridized carbons (Fsp3) is 0.0656. The first kappa shape index (κ1) is 49.6. The van der Waals surface area contributed by atoms with Gasteiger partial charge in [0.05, 0.1) is 39.0 Å². The van der Waals surface area contributed by atoms with E-state index in [4.69, 9.17) is 19.4 Å². The Balaban J connectivity index is 1.17. The molecule has 0 aliphatic heterocycles. The summed E-state index contributed by atoms with van der Waals surface area (Å²) in [6.45, 7) is 0. The molecule has 0 aliphatic carbocycles. The van der Waals surface area contributed by atoms with Gasteiger partial charge < -0.3 is 8.98 Å².